The van der Waals surface area contributed by atoms with E-state index in [9.17, 15) is 4.79 Å². The molecule has 1 amide bonds. The zero-order chi connectivity index (χ0) is 7.84. The average molecular weight is 191 g/mol. The lowest BCUT2D eigenvalue weighted by Gasteiger charge is -2.31. The van der Waals surface area contributed by atoms with E-state index in [2.05, 4.69) is 5.32 Å². The summed E-state index contributed by atoms with van der Waals surface area (Å²) in [6.07, 6.45) is 4.12. The lowest BCUT2D eigenvalue weighted by atomic mass is 9.80. The first-order chi connectivity index (χ1) is 5.25. The van der Waals surface area contributed by atoms with Gasteiger partial charge in [-0.1, -0.05) is 0 Å². The van der Waals surface area contributed by atoms with E-state index in [4.69, 9.17) is 5.73 Å². The van der Waals surface area contributed by atoms with E-state index in [1.54, 1.807) is 0 Å². The van der Waals surface area contributed by atoms with E-state index in [0.29, 0.717) is 6.04 Å². The minimum absolute atomic E-state index is 0. The highest BCUT2D eigenvalue weighted by molar-refractivity contribution is 5.85. The van der Waals surface area contributed by atoms with Gasteiger partial charge in [0.1, 0.15) is 0 Å². The Kier molecular flexibility index (Phi) is 2.96. The largest absolute Gasteiger partial charge is 0.353 e. The minimum atomic E-state index is 0. The third kappa shape index (κ3) is 2.11. The van der Waals surface area contributed by atoms with Crippen molar-refractivity contribution in [1.29, 1.82) is 0 Å². The van der Waals surface area contributed by atoms with Gasteiger partial charge in [-0.15, -0.1) is 12.4 Å². The van der Waals surface area contributed by atoms with E-state index in [-0.39, 0.29) is 30.3 Å². The first-order valence-electron chi connectivity index (χ1n) is 4.31. The Morgan fingerprint density at radius 3 is 2.33 bits per heavy atom. The summed E-state index contributed by atoms with van der Waals surface area (Å²) >= 11 is 0. The number of halogens is 1. The van der Waals surface area contributed by atoms with Gasteiger partial charge in [0.05, 0.1) is 0 Å². The highest BCUT2D eigenvalue weighted by Gasteiger charge is 2.34. The van der Waals surface area contributed by atoms with Gasteiger partial charge in [0.2, 0.25) is 5.91 Å². The molecule has 0 bridgehead atoms. The molecule has 0 saturated heterocycles. The maximum Gasteiger partial charge on any atom is 0.223 e. The van der Waals surface area contributed by atoms with Crippen molar-refractivity contribution >= 4 is 18.3 Å². The zero-order valence-electron chi connectivity index (χ0n) is 6.95. The second-order valence-corrected chi connectivity index (χ2v) is 3.71. The number of carbonyl (C=O) groups is 1. The third-order valence-corrected chi connectivity index (χ3v) is 2.47. The van der Waals surface area contributed by atoms with Crippen LogP contribution in [0.15, 0.2) is 0 Å². The lowest BCUT2D eigenvalue weighted by molar-refractivity contribution is -0.128. The minimum Gasteiger partial charge on any atom is -0.353 e. The Bertz CT molecular complexity index is 176. The Labute approximate surface area is 78.5 Å². The molecule has 2 fully saturated rings. The van der Waals surface area contributed by atoms with E-state index in [0.717, 1.165) is 12.8 Å². The van der Waals surface area contributed by atoms with Crippen molar-refractivity contribution in [2.75, 3.05) is 0 Å². The Hall–Kier alpha value is -0.280. The molecule has 3 nitrogen and oxygen atoms in total. The van der Waals surface area contributed by atoms with Gasteiger partial charge in [-0.2, -0.15) is 0 Å². The lowest BCUT2D eigenvalue weighted by Crippen LogP contribution is -2.45. The molecule has 12 heavy (non-hydrogen) atoms. The number of carbonyl (C=O) groups excluding carboxylic acids is 1. The topological polar surface area (TPSA) is 55.1 Å². The summed E-state index contributed by atoms with van der Waals surface area (Å²) < 4.78 is 0. The summed E-state index contributed by atoms with van der Waals surface area (Å²) in [5.41, 5.74) is 5.57. The summed E-state index contributed by atoms with van der Waals surface area (Å²) in [7, 11) is 0. The van der Waals surface area contributed by atoms with Crippen molar-refractivity contribution in [3.63, 3.8) is 0 Å². The highest BCUT2D eigenvalue weighted by Crippen LogP contribution is 2.27. The fourth-order valence-corrected chi connectivity index (χ4v) is 1.42. The number of amides is 1. The van der Waals surface area contributed by atoms with Crippen molar-refractivity contribution in [3.05, 3.63) is 0 Å². The van der Waals surface area contributed by atoms with E-state index < -0.39 is 0 Å². The number of rotatable bonds is 2. The van der Waals surface area contributed by atoms with Crippen LogP contribution in [0, 0.1) is 5.92 Å². The van der Waals surface area contributed by atoms with Gasteiger partial charge in [-0.3, -0.25) is 4.79 Å². The molecule has 0 aromatic rings. The van der Waals surface area contributed by atoms with Gasteiger partial charge >= 0.3 is 0 Å². The van der Waals surface area contributed by atoms with E-state index in [1.807, 2.05) is 0 Å². The second kappa shape index (κ2) is 3.62. The van der Waals surface area contributed by atoms with Crippen molar-refractivity contribution in [3.8, 4) is 0 Å². The molecule has 3 N–H and O–H groups in total. The average Bonchev–Trinajstić information content (AvgIpc) is 2.64. The van der Waals surface area contributed by atoms with E-state index >= 15 is 0 Å². The van der Waals surface area contributed by atoms with Crippen LogP contribution >= 0.6 is 12.4 Å². The van der Waals surface area contributed by atoms with Crippen LogP contribution in [0.25, 0.3) is 0 Å². The van der Waals surface area contributed by atoms with Crippen molar-refractivity contribution < 1.29 is 4.79 Å². The van der Waals surface area contributed by atoms with Crippen LogP contribution in [0.4, 0.5) is 0 Å². The van der Waals surface area contributed by atoms with Crippen LogP contribution in [0.3, 0.4) is 0 Å². The maximum atomic E-state index is 11.3. The summed E-state index contributed by atoms with van der Waals surface area (Å²) in [4.78, 5) is 11.3. The Morgan fingerprint density at radius 1 is 1.33 bits per heavy atom. The van der Waals surface area contributed by atoms with Gasteiger partial charge in [0, 0.05) is 18.0 Å². The summed E-state index contributed by atoms with van der Waals surface area (Å²) in [6, 6.07) is 0.782. The molecule has 70 valence electrons. The second-order valence-electron chi connectivity index (χ2n) is 3.71. The molecule has 0 spiro atoms. The molecule has 2 aliphatic carbocycles. The van der Waals surface area contributed by atoms with Crippen LogP contribution in [0.1, 0.15) is 25.7 Å². The predicted octanol–water partition coefficient (Wildman–Crippen LogP) is 0.424. The first kappa shape index (κ1) is 9.81. The smallest absolute Gasteiger partial charge is 0.223 e. The van der Waals surface area contributed by atoms with Crippen LogP contribution in [-0.4, -0.2) is 18.0 Å². The van der Waals surface area contributed by atoms with Gasteiger partial charge < -0.3 is 11.1 Å². The molecule has 0 radical (unpaired) electrons. The Balaban J connectivity index is 0.000000720. The molecule has 0 aromatic carbocycles. The first-order valence-corrected chi connectivity index (χ1v) is 4.31. The molecule has 0 aromatic heterocycles. The normalized spacial score (nSPS) is 33.1. The van der Waals surface area contributed by atoms with Crippen molar-refractivity contribution in [2.45, 2.75) is 37.8 Å². The van der Waals surface area contributed by atoms with Crippen LogP contribution in [-0.2, 0) is 4.79 Å². The number of nitrogens with one attached hydrogen (secondary N) is 1. The molecular formula is C8H15ClN2O. The maximum absolute atomic E-state index is 11.3. The number of hydrogen-bond acceptors (Lipinski definition) is 2. The van der Waals surface area contributed by atoms with Gasteiger partial charge in [0.25, 0.3) is 0 Å². The summed E-state index contributed by atoms with van der Waals surface area (Å²) in [6.45, 7) is 0. The number of nitrogens with two attached hydrogens (primary N) is 1. The van der Waals surface area contributed by atoms with Crippen LogP contribution < -0.4 is 11.1 Å². The zero-order valence-corrected chi connectivity index (χ0v) is 7.77. The van der Waals surface area contributed by atoms with Crippen molar-refractivity contribution in [2.24, 2.45) is 11.7 Å². The molecular weight excluding hydrogens is 176 g/mol. The van der Waals surface area contributed by atoms with Gasteiger partial charge in [-0.05, 0) is 25.7 Å². The molecule has 0 atom stereocenters. The van der Waals surface area contributed by atoms with E-state index in [1.165, 1.54) is 12.8 Å². The summed E-state index contributed by atoms with van der Waals surface area (Å²) in [5, 5.41) is 2.98. The highest BCUT2D eigenvalue weighted by atomic mass is 35.5. The fraction of sp³-hybridized carbons (Fsp3) is 0.875. The predicted molar refractivity (Wildman–Crippen MR) is 49.1 cm³/mol. The van der Waals surface area contributed by atoms with Crippen LogP contribution in [0.5, 0.6) is 0 Å². The quantitative estimate of drug-likeness (QED) is 0.664. The van der Waals surface area contributed by atoms with Gasteiger partial charge in [-0.25, -0.2) is 0 Å². The van der Waals surface area contributed by atoms with Crippen molar-refractivity contribution in [1.82, 2.24) is 5.32 Å². The SMILES string of the molecule is Cl.NC1CC(C(=O)NC2CC2)C1. The molecule has 0 heterocycles. The molecule has 0 unspecified atom stereocenters. The fourth-order valence-electron chi connectivity index (χ4n) is 1.42. The molecule has 4 heteroatoms. The van der Waals surface area contributed by atoms with Gasteiger partial charge in [0.15, 0.2) is 0 Å². The third-order valence-electron chi connectivity index (χ3n) is 2.47. The summed E-state index contributed by atoms with van der Waals surface area (Å²) in [5.74, 6) is 0.458. The monoisotopic (exact) mass is 190 g/mol. The molecule has 0 aliphatic heterocycles. The Morgan fingerprint density at radius 2 is 1.92 bits per heavy atom. The molecule has 2 aliphatic rings. The molecule has 2 saturated carbocycles. The number of hydrogen-bond donors (Lipinski definition) is 2. The van der Waals surface area contributed by atoms with Crippen LogP contribution in [0.2, 0.25) is 0 Å². The molecule has 2 rings (SSSR count). The standard InChI is InChI=1S/C8H14N2O.ClH/c9-6-3-5(4-6)8(11)10-7-1-2-7;/h5-7H,1-4,9H2,(H,10,11);1H.